The number of benzene rings is 2. The van der Waals surface area contributed by atoms with Crippen LogP contribution in [-0.4, -0.2) is 13.0 Å². The topological polar surface area (TPSA) is 62.1 Å². The Bertz CT molecular complexity index is 790. The largest absolute Gasteiger partial charge is 0.497 e. The van der Waals surface area contributed by atoms with E-state index in [1.807, 2.05) is 6.07 Å². The van der Waals surface area contributed by atoms with Crippen LogP contribution in [0.4, 0.5) is 5.69 Å². The summed E-state index contributed by atoms with van der Waals surface area (Å²) < 4.78 is 5.07. The summed E-state index contributed by atoms with van der Waals surface area (Å²) in [5.74, 6) is 0.230. The number of rotatable bonds is 4. The number of amides is 1. The molecule has 0 atom stereocenters. The van der Waals surface area contributed by atoms with Gasteiger partial charge in [-0.25, -0.2) is 0 Å². The number of nitriles is 1. The summed E-state index contributed by atoms with van der Waals surface area (Å²) in [6.45, 7) is 1.80. The number of halogens is 1. The molecule has 1 amide bonds. The standard InChI is InChI=1S/C18H15ClN2O2/c1-12-16(19)4-3-5-17(12)21-18(22)14(11-20)10-13-6-8-15(23-2)9-7-13/h3-10H,1-2H3,(H,21,22). The summed E-state index contributed by atoms with van der Waals surface area (Å²) in [5.41, 5.74) is 2.08. The van der Waals surface area contributed by atoms with Gasteiger partial charge in [0.2, 0.25) is 0 Å². The van der Waals surface area contributed by atoms with E-state index < -0.39 is 5.91 Å². The zero-order valence-corrected chi connectivity index (χ0v) is 13.5. The number of hydrogen-bond donors (Lipinski definition) is 1. The second kappa shape index (κ2) is 7.48. The van der Waals surface area contributed by atoms with Gasteiger partial charge in [0.25, 0.3) is 5.91 Å². The Labute approximate surface area is 140 Å². The second-order valence-corrected chi connectivity index (χ2v) is 5.22. The molecule has 4 nitrogen and oxygen atoms in total. The Hall–Kier alpha value is -2.77. The van der Waals surface area contributed by atoms with Crippen molar-refractivity contribution in [3.05, 3.63) is 64.2 Å². The molecule has 0 fully saturated rings. The summed E-state index contributed by atoms with van der Waals surface area (Å²) >= 11 is 6.03. The van der Waals surface area contributed by atoms with E-state index in [1.54, 1.807) is 56.5 Å². The lowest BCUT2D eigenvalue weighted by atomic mass is 10.1. The van der Waals surface area contributed by atoms with E-state index >= 15 is 0 Å². The molecule has 0 saturated carbocycles. The third kappa shape index (κ3) is 4.12. The number of anilines is 1. The Balaban J connectivity index is 2.22. The summed E-state index contributed by atoms with van der Waals surface area (Å²) in [6.07, 6.45) is 1.52. The number of hydrogen-bond acceptors (Lipinski definition) is 3. The van der Waals surface area contributed by atoms with Crippen LogP contribution in [0.15, 0.2) is 48.0 Å². The van der Waals surface area contributed by atoms with Gasteiger partial charge in [-0.1, -0.05) is 29.8 Å². The average molecular weight is 327 g/mol. The van der Waals surface area contributed by atoms with Gasteiger partial charge < -0.3 is 10.1 Å². The quantitative estimate of drug-likeness (QED) is 0.676. The molecule has 0 radical (unpaired) electrons. The molecule has 0 aromatic heterocycles. The van der Waals surface area contributed by atoms with Crippen molar-refractivity contribution in [1.29, 1.82) is 5.26 Å². The number of nitrogens with zero attached hydrogens (tertiary/aromatic N) is 1. The molecule has 116 valence electrons. The first-order valence-corrected chi connectivity index (χ1v) is 7.25. The zero-order valence-electron chi connectivity index (χ0n) is 12.8. The normalized spacial score (nSPS) is 10.8. The number of carbonyl (C=O) groups excluding carboxylic acids is 1. The predicted molar refractivity (Wildman–Crippen MR) is 91.4 cm³/mol. The van der Waals surface area contributed by atoms with Crippen LogP contribution in [-0.2, 0) is 4.79 Å². The third-order valence-corrected chi connectivity index (χ3v) is 3.72. The molecule has 0 saturated heterocycles. The molecule has 2 aromatic rings. The fraction of sp³-hybridized carbons (Fsp3) is 0.111. The lowest BCUT2D eigenvalue weighted by molar-refractivity contribution is -0.112. The fourth-order valence-electron chi connectivity index (χ4n) is 1.95. The molecule has 0 unspecified atom stereocenters. The van der Waals surface area contributed by atoms with Gasteiger partial charge in [-0.2, -0.15) is 5.26 Å². The summed E-state index contributed by atoms with van der Waals surface area (Å²) in [6, 6.07) is 14.2. The third-order valence-electron chi connectivity index (χ3n) is 3.31. The predicted octanol–water partition coefficient (Wildman–Crippen LogP) is 4.20. The average Bonchev–Trinajstić information content (AvgIpc) is 2.57. The van der Waals surface area contributed by atoms with Crippen molar-refractivity contribution < 1.29 is 9.53 Å². The highest BCUT2D eigenvalue weighted by molar-refractivity contribution is 6.31. The summed E-state index contributed by atoms with van der Waals surface area (Å²) in [4.78, 5) is 12.3. The molecule has 0 spiro atoms. The number of carbonyl (C=O) groups is 1. The Morgan fingerprint density at radius 3 is 2.57 bits per heavy atom. The van der Waals surface area contributed by atoms with Crippen molar-refractivity contribution in [3.63, 3.8) is 0 Å². The van der Waals surface area contributed by atoms with E-state index in [2.05, 4.69) is 5.32 Å². The fourth-order valence-corrected chi connectivity index (χ4v) is 2.12. The molecule has 2 rings (SSSR count). The number of methoxy groups -OCH3 is 1. The van der Waals surface area contributed by atoms with Gasteiger partial charge in [-0.3, -0.25) is 4.79 Å². The Morgan fingerprint density at radius 2 is 1.96 bits per heavy atom. The van der Waals surface area contributed by atoms with Crippen LogP contribution >= 0.6 is 11.6 Å². The minimum atomic E-state index is -0.478. The maximum Gasteiger partial charge on any atom is 0.266 e. The van der Waals surface area contributed by atoms with E-state index in [4.69, 9.17) is 16.3 Å². The highest BCUT2D eigenvalue weighted by atomic mass is 35.5. The van der Waals surface area contributed by atoms with Crippen LogP contribution < -0.4 is 10.1 Å². The Kier molecular flexibility index (Phi) is 5.40. The van der Waals surface area contributed by atoms with Crippen LogP contribution in [0.2, 0.25) is 5.02 Å². The van der Waals surface area contributed by atoms with Gasteiger partial charge in [0.15, 0.2) is 0 Å². The first-order valence-electron chi connectivity index (χ1n) is 6.87. The van der Waals surface area contributed by atoms with E-state index in [9.17, 15) is 10.1 Å². The minimum absolute atomic E-state index is 0.00884. The monoisotopic (exact) mass is 326 g/mol. The highest BCUT2D eigenvalue weighted by Crippen LogP contribution is 2.23. The van der Waals surface area contributed by atoms with E-state index in [0.717, 1.165) is 11.1 Å². The van der Waals surface area contributed by atoms with Crippen molar-refractivity contribution >= 4 is 29.3 Å². The van der Waals surface area contributed by atoms with Gasteiger partial charge >= 0.3 is 0 Å². The molecule has 0 bridgehead atoms. The molecular weight excluding hydrogens is 312 g/mol. The first-order chi connectivity index (χ1) is 11.0. The Morgan fingerprint density at radius 1 is 1.26 bits per heavy atom. The lowest BCUT2D eigenvalue weighted by Gasteiger charge is -2.09. The van der Waals surface area contributed by atoms with Crippen molar-refractivity contribution in [2.75, 3.05) is 12.4 Å². The van der Waals surface area contributed by atoms with Crippen LogP contribution in [0.3, 0.4) is 0 Å². The molecule has 0 heterocycles. The van der Waals surface area contributed by atoms with Crippen LogP contribution in [0.1, 0.15) is 11.1 Å². The van der Waals surface area contributed by atoms with Gasteiger partial charge in [-0.15, -0.1) is 0 Å². The van der Waals surface area contributed by atoms with E-state index in [-0.39, 0.29) is 5.57 Å². The van der Waals surface area contributed by atoms with Gasteiger partial charge in [-0.05, 0) is 48.4 Å². The first kappa shape index (κ1) is 16.6. The van der Waals surface area contributed by atoms with Gasteiger partial charge in [0.05, 0.1) is 7.11 Å². The van der Waals surface area contributed by atoms with Crippen molar-refractivity contribution in [2.24, 2.45) is 0 Å². The van der Waals surface area contributed by atoms with Gasteiger partial charge in [0, 0.05) is 10.7 Å². The highest BCUT2D eigenvalue weighted by Gasteiger charge is 2.11. The molecule has 0 aliphatic carbocycles. The van der Waals surface area contributed by atoms with Crippen molar-refractivity contribution in [3.8, 4) is 11.8 Å². The summed E-state index contributed by atoms with van der Waals surface area (Å²) in [7, 11) is 1.58. The number of ether oxygens (including phenoxy) is 1. The van der Waals surface area contributed by atoms with E-state index in [1.165, 1.54) is 6.08 Å². The molecule has 0 aliphatic heterocycles. The smallest absolute Gasteiger partial charge is 0.266 e. The number of nitrogens with one attached hydrogen (secondary N) is 1. The SMILES string of the molecule is COc1ccc(C=C(C#N)C(=O)Nc2cccc(Cl)c2C)cc1. The zero-order chi connectivity index (χ0) is 16.8. The molecule has 2 aromatic carbocycles. The maximum absolute atomic E-state index is 12.3. The summed E-state index contributed by atoms with van der Waals surface area (Å²) in [5, 5.41) is 12.5. The maximum atomic E-state index is 12.3. The van der Waals surface area contributed by atoms with Crippen molar-refractivity contribution in [2.45, 2.75) is 6.92 Å². The lowest BCUT2D eigenvalue weighted by Crippen LogP contribution is -2.14. The van der Waals surface area contributed by atoms with E-state index in [0.29, 0.717) is 16.5 Å². The van der Waals surface area contributed by atoms with Crippen molar-refractivity contribution in [1.82, 2.24) is 0 Å². The van der Waals surface area contributed by atoms with Crippen LogP contribution in [0.25, 0.3) is 6.08 Å². The van der Waals surface area contributed by atoms with Crippen LogP contribution in [0, 0.1) is 18.3 Å². The van der Waals surface area contributed by atoms with Crippen LogP contribution in [0.5, 0.6) is 5.75 Å². The van der Waals surface area contributed by atoms with Gasteiger partial charge in [0.1, 0.15) is 17.4 Å². The molecule has 1 N–H and O–H groups in total. The molecule has 5 heteroatoms. The molecular formula is C18H15ClN2O2. The second-order valence-electron chi connectivity index (χ2n) is 4.81. The molecule has 0 aliphatic rings. The molecule has 23 heavy (non-hydrogen) atoms. The minimum Gasteiger partial charge on any atom is -0.497 e.